The number of amides is 1. The lowest BCUT2D eigenvalue weighted by Crippen LogP contribution is -2.35. The Kier molecular flexibility index (Phi) is 6.21. The van der Waals surface area contributed by atoms with Gasteiger partial charge < -0.3 is 20.7 Å². The zero-order chi connectivity index (χ0) is 22.9. The van der Waals surface area contributed by atoms with Crippen LogP contribution in [-0.2, 0) is 11.2 Å². The number of aromatic nitrogens is 2. The fourth-order valence-electron chi connectivity index (χ4n) is 5.18. The molecule has 7 nitrogen and oxygen atoms in total. The summed E-state index contributed by atoms with van der Waals surface area (Å²) in [6, 6.07) is 10.5. The third kappa shape index (κ3) is 4.68. The Morgan fingerprint density at radius 3 is 2.61 bits per heavy atom. The Morgan fingerprint density at radius 1 is 1.15 bits per heavy atom. The van der Waals surface area contributed by atoms with Gasteiger partial charge in [0.1, 0.15) is 10.9 Å². The number of anilines is 2. The van der Waals surface area contributed by atoms with Crippen molar-refractivity contribution in [3.05, 3.63) is 40.8 Å². The van der Waals surface area contributed by atoms with Gasteiger partial charge in [0.25, 0.3) is 0 Å². The highest BCUT2D eigenvalue weighted by molar-refractivity contribution is 7.19. The van der Waals surface area contributed by atoms with Crippen molar-refractivity contribution in [3.8, 4) is 5.88 Å². The second-order valence-electron chi connectivity index (χ2n) is 9.38. The molecule has 2 aromatic heterocycles. The minimum absolute atomic E-state index is 0.120. The van der Waals surface area contributed by atoms with Gasteiger partial charge in [-0.3, -0.25) is 4.79 Å². The van der Waals surface area contributed by atoms with Crippen molar-refractivity contribution in [1.82, 2.24) is 14.9 Å². The van der Waals surface area contributed by atoms with Gasteiger partial charge in [0.2, 0.25) is 17.7 Å². The van der Waals surface area contributed by atoms with Gasteiger partial charge in [-0.2, -0.15) is 4.98 Å². The molecule has 1 amide bonds. The molecule has 1 aromatic carbocycles. The van der Waals surface area contributed by atoms with E-state index in [1.807, 2.05) is 30.3 Å². The minimum atomic E-state index is -0.264. The van der Waals surface area contributed by atoms with E-state index in [-0.39, 0.29) is 17.9 Å². The Morgan fingerprint density at radius 2 is 1.91 bits per heavy atom. The van der Waals surface area contributed by atoms with E-state index in [0.717, 1.165) is 54.4 Å². The van der Waals surface area contributed by atoms with Crippen molar-refractivity contribution in [1.29, 1.82) is 0 Å². The molecular weight excluding hydrogens is 434 g/mol. The van der Waals surface area contributed by atoms with Crippen LogP contribution in [0.3, 0.4) is 0 Å². The SMILES string of the molecule is CN(C)C1CCC(Oc2nc(Nc3ccccc3)nc3sc4c(c23)[C@@H](CC(N)=O)CC4)CC1. The molecular formula is C25H31N5O2S. The molecule has 0 bridgehead atoms. The maximum Gasteiger partial charge on any atom is 0.231 e. The zero-order valence-corrected chi connectivity index (χ0v) is 20.0. The molecule has 33 heavy (non-hydrogen) atoms. The van der Waals surface area contributed by atoms with E-state index in [9.17, 15) is 4.79 Å². The second kappa shape index (κ2) is 9.27. The van der Waals surface area contributed by atoms with Crippen LogP contribution in [0.25, 0.3) is 10.2 Å². The number of rotatable bonds is 7. The maximum absolute atomic E-state index is 11.7. The van der Waals surface area contributed by atoms with E-state index in [1.165, 1.54) is 10.4 Å². The molecule has 2 heterocycles. The Labute approximate surface area is 198 Å². The van der Waals surface area contributed by atoms with Crippen molar-refractivity contribution in [2.24, 2.45) is 5.73 Å². The predicted octanol–water partition coefficient (Wildman–Crippen LogP) is 4.59. The molecule has 0 spiro atoms. The van der Waals surface area contributed by atoms with Crippen molar-refractivity contribution in [2.75, 3.05) is 19.4 Å². The average Bonchev–Trinajstić information content (AvgIpc) is 3.34. The van der Waals surface area contributed by atoms with Crippen LogP contribution >= 0.6 is 11.3 Å². The minimum Gasteiger partial charge on any atom is -0.474 e. The van der Waals surface area contributed by atoms with Crippen LogP contribution in [-0.4, -0.2) is 47.0 Å². The number of nitrogens with one attached hydrogen (secondary N) is 1. The molecule has 0 saturated heterocycles. The van der Waals surface area contributed by atoms with E-state index in [2.05, 4.69) is 24.3 Å². The number of fused-ring (bicyclic) bond motifs is 3. The van der Waals surface area contributed by atoms with Crippen LogP contribution in [0.4, 0.5) is 11.6 Å². The molecule has 1 atom stereocenters. The van der Waals surface area contributed by atoms with E-state index < -0.39 is 0 Å². The van der Waals surface area contributed by atoms with Gasteiger partial charge in [-0.15, -0.1) is 11.3 Å². The van der Waals surface area contributed by atoms with Crippen LogP contribution in [0.15, 0.2) is 30.3 Å². The molecule has 3 N–H and O–H groups in total. The largest absolute Gasteiger partial charge is 0.474 e. The van der Waals surface area contributed by atoms with Gasteiger partial charge >= 0.3 is 0 Å². The van der Waals surface area contributed by atoms with E-state index in [1.54, 1.807) is 11.3 Å². The molecule has 2 aliphatic carbocycles. The van der Waals surface area contributed by atoms with Gasteiger partial charge in [0.05, 0.1) is 5.39 Å². The lowest BCUT2D eigenvalue weighted by molar-refractivity contribution is -0.118. The Hall–Kier alpha value is -2.71. The number of nitrogens with two attached hydrogens (primary N) is 1. The number of nitrogens with zero attached hydrogens (tertiary/aromatic N) is 3. The van der Waals surface area contributed by atoms with Crippen LogP contribution in [0, 0.1) is 0 Å². The first-order valence-corrected chi connectivity index (χ1v) is 12.6. The van der Waals surface area contributed by atoms with Crippen LogP contribution in [0.5, 0.6) is 5.88 Å². The van der Waals surface area contributed by atoms with Crippen LogP contribution in [0.1, 0.15) is 54.9 Å². The summed E-state index contributed by atoms with van der Waals surface area (Å²) in [4.78, 5) is 25.9. The topological polar surface area (TPSA) is 93.4 Å². The first-order valence-electron chi connectivity index (χ1n) is 11.7. The normalized spacial score (nSPS) is 22.5. The summed E-state index contributed by atoms with van der Waals surface area (Å²) in [5, 5.41) is 4.31. The summed E-state index contributed by atoms with van der Waals surface area (Å²) in [6.07, 6.45) is 6.63. The molecule has 1 fully saturated rings. The summed E-state index contributed by atoms with van der Waals surface area (Å²) >= 11 is 1.69. The summed E-state index contributed by atoms with van der Waals surface area (Å²) in [5.41, 5.74) is 7.68. The second-order valence-corrected chi connectivity index (χ2v) is 10.5. The first kappa shape index (κ1) is 22.1. The van der Waals surface area contributed by atoms with Crippen molar-refractivity contribution in [3.63, 3.8) is 0 Å². The number of benzene rings is 1. The number of carbonyl (C=O) groups excluding carboxylic acids is 1. The van der Waals surface area contributed by atoms with Gasteiger partial charge in [0.15, 0.2) is 0 Å². The highest BCUT2D eigenvalue weighted by Gasteiger charge is 2.33. The number of carbonyl (C=O) groups is 1. The van der Waals surface area contributed by atoms with Gasteiger partial charge in [0, 0.05) is 23.0 Å². The quantitative estimate of drug-likeness (QED) is 0.530. The number of para-hydroxylation sites is 1. The van der Waals surface area contributed by atoms with E-state index in [4.69, 9.17) is 20.4 Å². The first-order chi connectivity index (χ1) is 16.0. The third-order valence-corrected chi connectivity index (χ3v) is 8.05. The standard InChI is InChI=1S/C25H31N5O2S/c1-30(2)17-9-11-18(12-10-17)32-23-22-21-15(14-20(26)31)8-13-19(21)33-24(22)29-25(28-23)27-16-6-4-3-5-7-16/h3-7,15,17-18H,8-14H2,1-2H3,(H2,26,31)(H,27,28,29)/t15-,17?,18?/m1/s1. The molecule has 0 unspecified atom stereocenters. The molecule has 1 saturated carbocycles. The summed E-state index contributed by atoms with van der Waals surface area (Å²) < 4.78 is 6.59. The fourth-order valence-corrected chi connectivity index (χ4v) is 6.44. The highest BCUT2D eigenvalue weighted by Crippen LogP contribution is 2.48. The smallest absolute Gasteiger partial charge is 0.231 e. The Bertz CT molecular complexity index is 1140. The molecule has 8 heteroatoms. The fraction of sp³-hybridized carbons (Fsp3) is 0.480. The molecule has 174 valence electrons. The molecule has 3 aromatic rings. The predicted molar refractivity (Wildman–Crippen MR) is 132 cm³/mol. The number of hydrogen-bond acceptors (Lipinski definition) is 7. The number of thiophene rings is 1. The van der Waals surface area contributed by atoms with Gasteiger partial charge in [-0.05, 0) is 76.2 Å². The van der Waals surface area contributed by atoms with E-state index in [0.29, 0.717) is 24.3 Å². The van der Waals surface area contributed by atoms with Gasteiger partial charge in [-0.25, -0.2) is 4.98 Å². The number of primary amides is 1. The monoisotopic (exact) mass is 465 g/mol. The maximum atomic E-state index is 11.7. The molecule has 0 aliphatic heterocycles. The number of ether oxygens (including phenoxy) is 1. The summed E-state index contributed by atoms with van der Waals surface area (Å²) in [6.45, 7) is 0. The van der Waals surface area contributed by atoms with Crippen LogP contribution < -0.4 is 15.8 Å². The molecule has 0 radical (unpaired) electrons. The molecule has 2 aliphatic rings. The van der Waals surface area contributed by atoms with Gasteiger partial charge in [-0.1, -0.05) is 18.2 Å². The average molecular weight is 466 g/mol. The van der Waals surface area contributed by atoms with Crippen molar-refractivity contribution >= 4 is 39.1 Å². The van der Waals surface area contributed by atoms with Crippen LogP contribution in [0.2, 0.25) is 0 Å². The Balaban J connectivity index is 1.50. The highest BCUT2D eigenvalue weighted by atomic mass is 32.1. The van der Waals surface area contributed by atoms with E-state index >= 15 is 0 Å². The van der Waals surface area contributed by atoms with Crippen molar-refractivity contribution < 1.29 is 9.53 Å². The summed E-state index contributed by atoms with van der Waals surface area (Å²) in [5.74, 6) is 1.03. The lowest BCUT2D eigenvalue weighted by atomic mass is 9.92. The van der Waals surface area contributed by atoms with Crippen molar-refractivity contribution in [2.45, 2.75) is 63.0 Å². The third-order valence-electron chi connectivity index (χ3n) is 6.89. The lowest BCUT2D eigenvalue weighted by Gasteiger charge is -2.32. The molecule has 5 rings (SSSR count). The zero-order valence-electron chi connectivity index (χ0n) is 19.2. The number of aryl methyl sites for hydroxylation is 1. The number of hydrogen-bond donors (Lipinski definition) is 2. The summed E-state index contributed by atoms with van der Waals surface area (Å²) in [7, 11) is 4.30.